The molecule has 2 atom stereocenters. The summed E-state index contributed by atoms with van der Waals surface area (Å²) in [5.74, 6) is 0. The normalized spacial score (nSPS) is 27.0. The van der Waals surface area contributed by atoms with Gasteiger partial charge in [0.2, 0.25) is 0 Å². The first-order valence-electron chi connectivity index (χ1n) is 4.67. The average Bonchev–Trinajstić information content (AvgIpc) is 2.72. The number of hydrogen-bond acceptors (Lipinski definition) is 6. The first-order chi connectivity index (χ1) is 6.75. The zero-order chi connectivity index (χ0) is 9.97. The fourth-order valence-electron chi connectivity index (χ4n) is 1.50. The molecule has 0 saturated carbocycles. The van der Waals surface area contributed by atoms with E-state index in [1.807, 2.05) is 6.92 Å². The molecule has 1 fully saturated rings. The van der Waals surface area contributed by atoms with Gasteiger partial charge in [-0.3, -0.25) is 0 Å². The van der Waals surface area contributed by atoms with Crippen LogP contribution in [0.1, 0.15) is 10.0 Å². The lowest BCUT2D eigenvalue weighted by molar-refractivity contribution is 0.162. The Hall–Kier alpha value is -0.560. The number of β-amino-alcohol motifs (C(OH)–C–C–N with tert-alkyl or cyclic N) is 1. The van der Waals surface area contributed by atoms with Gasteiger partial charge in [-0.2, -0.15) is 0 Å². The molecule has 0 unspecified atom stereocenters. The molecule has 1 saturated heterocycles. The molecule has 2 heterocycles. The number of aryl methyl sites for hydroxylation is 1. The van der Waals surface area contributed by atoms with E-state index in [1.54, 1.807) is 11.3 Å². The van der Waals surface area contributed by atoms with Gasteiger partial charge >= 0.3 is 0 Å². The van der Waals surface area contributed by atoms with Gasteiger partial charge in [0.1, 0.15) is 10.0 Å². The van der Waals surface area contributed by atoms with Crippen LogP contribution < -0.4 is 10.6 Å². The van der Waals surface area contributed by atoms with E-state index >= 15 is 0 Å². The van der Waals surface area contributed by atoms with E-state index in [0.29, 0.717) is 13.1 Å². The zero-order valence-electron chi connectivity index (χ0n) is 8.03. The van der Waals surface area contributed by atoms with E-state index in [2.05, 4.69) is 20.8 Å². The second-order valence-electron chi connectivity index (χ2n) is 3.43. The number of aliphatic hydroxyl groups is 1. The van der Waals surface area contributed by atoms with E-state index in [0.717, 1.165) is 16.6 Å². The molecule has 1 aromatic heterocycles. The van der Waals surface area contributed by atoms with E-state index in [-0.39, 0.29) is 12.1 Å². The van der Waals surface area contributed by atoms with Crippen molar-refractivity contribution in [3.05, 3.63) is 10.0 Å². The van der Waals surface area contributed by atoms with Gasteiger partial charge in [0.25, 0.3) is 0 Å². The molecule has 5 nitrogen and oxygen atoms in total. The molecule has 0 aliphatic carbocycles. The highest BCUT2D eigenvalue weighted by Crippen LogP contribution is 2.08. The maximum atomic E-state index is 9.51. The average molecular weight is 214 g/mol. The van der Waals surface area contributed by atoms with Crippen molar-refractivity contribution in [2.24, 2.45) is 0 Å². The lowest BCUT2D eigenvalue weighted by atomic mass is 10.2. The van der Waals surface area contributed by atoms with Crippen molar-refractivity contribution in [1.82, 2.24) is 20.8 Å². The van der Waals surface area contributed by atoms with E-state index in [1.165, 1.54) is 0 Å². The smallest absolute Gasteiger partial charge is 0.131 e. The van der Waals surface area contributed by atoms with Gasteiger partial charge < -0.3 is 15.7 Å². The largest absolute Gasteiger partial charge is 0.390 e. The fourth-order valence-corrected chi connectivity index (χ4v) is 2.16. The predicted octanol–water partition coefficient (Wildman–Crippen LogP) is -0.731. The molecule has 3 N–H and O–H groups in total. The Bertz CT molecular complexity index is 303. The molecule has 0 aromatic carbocycles. The number of aromatic nitrogens is 2. The van der Waals surface area contributed by atoms with Gasteiger partial charge in [0.15, 0.2) is 0 Å². The SMILES string of the molecule is Cc1nnc(CN[C@@H]2CNC[C@H]2O)s1. The van der Waals surface area contributed by atoms with Gasteiger partial charge in [0, 0.05) is 19.1 Å². The highest BCUT2D eigenvalue weighted by atomic mass is 32.1. The minimum absolute atomic E-state index is 0.138. The van der Waals surface area contributed by atoms with Crippen molar-refractivity contribution in [3.8, 4) is 0 Å². The van der Waals surface area contributed by atoms with Gasteiger partial charge in [-0.25, -0.2) is 0 Å². The minimum atomic E-state index is -0.288. The molecule has 0 radical (unpaired) electrons. The number of aliphatic hydroxyl groups excluding tert-OH is 1. The Labute approximate surface area is 86.6 Å². The van der Waals surface area contributed by atoms with Crippen molar-refractivity contribution in [3.63, 3.8) is 0 Å². The van der Waals surface area contributed by atoms with Crippen LogP contribution in [0.5, 0.6) is 0 Å². The molecule has 14 heavy (non-hydrogen) atoms. The van der Waals surface area contributed by atoms with Crippen LogP contribution in [0, 0.1) is 6.92 Å². The highest BCUT2D eigenvalue weighted by Gasteiger charge is 2.24. The van der Waals surface area contributed by atoms with Crippen molar-refractivity contribution in [2.45, 2.75) is 25.6 Å². The van der Waals surface area contributed by atoms with Crippen LogP contribution >= 0.6 is 11.3 Å². The van der Waals surface area contributed by atoms with Crippen LogP contribution in [0.3, 0.4) is 0 Å². The summed E-state index contributed by atoms with van der Waals surface area (Å²) in [5.41, 5.74) is 0. The quantitative estimate of drug-likeness (QED) is 0.619. The first kappa shape index (κ1) is 9.97. The number of rotatable bonds is 3. The Morgan fingerprint density at radius 1 is 1.57 bits per heavy atom. The lowest BCUT2D eigenvalue weighted by Crippen LogP contribution is -2.38. The maximum Gasteiger partial charge on any atom is 0.131 e. The molecule has 0 amide bonds. The standard InChI is InChI=1S/C8H14N4OS/c1-5-11-12-8(14-5)4-10-6-2-9-3-7(6)13/h6-7,9-10,13H,2-4H2,1H3/t6-,7-/m1/s1. The molecule has 1 aliphatic rings. The summed E-state index contributed by atoms with van der Waals surface area (Å²) < 4.78 is 0. The van der Waals surface area contributed by atoms with E-state index < -0.39 is 0 Å². The summed E-state index contributed by atoms with van der Waals surface area (Å²) in [6.07, 6.45) is -0.288. The zero-order valence-corrected chi connectivity index (χ0v) is 8.84. The van der Waals surface area contributed by atoms with Gasteiger partial charge in [-0.1, -0.05) is 0 Å². The molecular formula is C8H14N4OS. The number of hydrogen-bond donors (Lipinski definition) is 3. The molecule has 1 aliphatic heterocycles. The van der Waals surface area contributed by atoms with Crippen LogP contribution in [0.4, 0.5) is 0 Å². The summed E-state index contributed by atoms with van der Waals surface area (Å²) in [4.78, 5) is 0. The third-order valence-corrected chi connectivity index (χ3v) is 3.10. The molecule has 78 valence electrons. The molecule has 2 rings (SSSR count). The van der Waals surface area contributed by atoms with Crippen LogP contribution in [-0.2, 0) is 6.54 Å². The second-order valence-corrected chi connectivity index (χ2v) is 4.69. The summed E-state index contributed by atoms with van der Waals surface area (Å²) in [5, 5.41) is 25.8. The maximum absolute atomic E-state index is 9.51. The summed E-state index contributed by atoms with van der Waals surface area (Å²) in [6.45, 7) is 4.12. The van der Waals surface area contributed by atoms with Gasteiger partial charge in [-0.15, -0.1) is 21.5 Å². The van der Waals surface area contributed by atoms with Crippen molar-refractivity contribution < 1.29 is 5.11 Å². The molecule has 6 heteroatoms. The fraction of sp³-hybridized carbons (Fsp3) is 0.750. The summed E-state index contributed by atoms with van der Waals surface area (Å²) in [6, 6.07) is 0.138. The van der Waals surface area contributed by atoms with E-state index in [4.69, 9.17) is 0 Å². The molecular weight excluding hydrogens is 200 g/mol. The Balaban J connectivity index is 1.82. The predicted molar refractivity (Wildman–Crippen MR) is 54.2 cm³/mol. The van der Waals surface area contributed by atoms with Crippen LogP contribution in [0.15, 0.2) is 0 Å². The highest BCUT2D eigenvalue weighted by molar-refractivity contribution is 7.11. The van der Waals surface area contributed by atoms with Crippen molar-refractivity contribution in [2.75, 3.05) is 13.1 Å². The Morgan fingerprint density at radius 3 is 3.00 bits per heavy atom. The van der Waals surface area contributed by atoms with Crippen LogP contribution in [0.2, 0.25) is 0 Å². The number of nitrogens with one attached hydrogen (secondary N) is 2. The minimum Gasteiger partial charge on any atom is -0.390 e. The van der Waals surface area contributed by atoms with Crippen LogP contribution in [0.25, 0.3) is 0 Å². The summed E-state index contributed by atoms with van der Waals surface area (Å²) >= 11 is 1.59. The first-order valence-corrected chi connectivity index (χ1v) is 5.48. The van der Waals surface area contributed by atoms with Crippen molar-refractivity contribution >= 4 is 11.3 Å². The topological polar surface area (TPSA) is 70.1 Å². The monoisotopic (exact) mass is 214 g/mol. The van der Waals surface area contributed by atoms with Gasteiger partial charge in [-0.05, 0) is 6.92 Å². The Morgan fingerprint density at radius 2 is 2.43 bits per heavy atom. The van der Waals surface area contributed by atoms with Gasteiger partial charge in [0.05, 0.1) is 12.6 Å². The molecule has 0 spiro atoms. The van der Waals surface area contributed by atoms with Crippen LogP contribution in [-0.4, -0.2) is 40.5 Å². The number of nitrogens with zero attached hydrogens (tertiary/aromatic N) is 2. The molecule has 1 aromatic rings. The lowest BCUT2D eigenvalue weighted by Gasteiger charge is -2.13. The Kier molecular flexibility index (Phi) is 3.07. The van der Waals surface area contributed by atoms with E-state index in [9.17, 15) is 5.11 Å². The second kappa shape index (κ2) is 4.31. The van der Waals surface area contributed by atoms with Crippen molar-refractivity contribution in [1.29, 1.82) is 0 Å². The molecule has 0 bridgehead atoms. The summed E-state index contributed by atoms with van der Waals surface area (Å²) in [7, 11) is 0. The third-order valence-electron chi connectivity index (χ3n) is 2.27. The third kappa shape index (κ3) is 2.27.